The summed E-state index contributed by atoms with van der Waals surface area (Å²) in [5, 5.41) is 8.75. The van der Waals surface area contributed by atoms with Gasteiger partial charge in [-0.2, -0.15) is 0 Å². The quantitative estimate of drug-likeness (QED) is 0.884. The molecule has 1 saturated heterocycles. The number of rotatable bonds is 5. The van der Waals surface area contributed by atoms with Gasteiger partial charge in [0.05, 0.1) is 6.42 Å². The Balaban J connectivity index is 1.86. The minimum absolute atomic E-state index is 0.136. The number of halogens is 1. The third kappa shape index (κ3) is 5.16. The van der Waals surface area contributed by atoms with Crippen LogP contribution >= 0.6 is 15.9 Å². The molecule has 2 rings (SSSR count). The van der Waals surface area contributed by atoms with Crippen molar-refractivity contribution < 1.29 is 14.7 Å². The topological polar surface area (TPSA) is 57.6 Å². The zero-order chi connectivity index (χ0) is 15.2. The lowest BCUT2D eigenvalue weighted by Gasteiger charge is -2.32. The SMILES string of the molecule is O=C(O)CCC1CCCN(C(=O)Cc2ccc(Br)cc2)C1. The number of carboxylic acids is 1. The molecule has 4 nitrogen and oxygen atoms in total. The predicted molar refractivity (Wildman–Crippen MR) is 84.0 cm³/mol. The molecule has 1 atom stereocenters. The van der Waals surface area contributed by atoms with Gasteiger partial charge in [0, 0.05) is 24.0 Å². The number of nitrogens with zero attached hydrogens (tertiary/aromatic N) is 1. The highest BCUT2D eigenvalue weighted by molar-refractivity contribution is 9.10. The molecule has 1 amide bonds. The van der Waals surface area contributed by atoms with Crippen LogP contribution in [0.4, 0.5) is 0 Å². The zero-order valence-corrected chi connectivity index (χ0v) is 13.5. The van der Waals surface area contributed by atoms with E-state index in [2.05, 4.69) is 15.9 Å². The molecule has 1 aliphatic rings. The Morgan fingerprint density at radius 3 is 2.67 bits per heavy atom. The smallest absolute Gasteiger partial charge is 0.303 e. The fraction of sp³-hybridized carbons (Fsp3) is 0.500. The number of benzene rings is 1. The first kappa shape index (κ1) is 16.0. The molecule has 0 aromatic heterocycles. The van der Waals surface area contributed by atoms with Crippen molar-refractivity contribution >= 4 is 27.8 Å². The Morgan fingerprint density at radius 1 is 1.29 bits per heavy atom. The van der Waals surface area contributed by atoms with Crippen LogP contribution in [0.2, 0.25) is 0 Å². The molecule has 0 saturated carbocycles. The second-order valence-corrected chi connectivity index (χ2v) is 6.50. The van der Waals surface area contributed by atoms with Crippen molar-refractivity contribution in [3.05, 3.63) is 34.3 Å². The molecule has 0 spiro atoms. The summed E-state index contributed by atoms with van der Waals surface area (Å²) in [7, 11) is 0. The van der Waals surface area contributed by atoms with Crippen molar-refractivity contribution in [2.45, 2.75) is 32.1 Å². The molecule has 1 unspecified atom stereocenters. The van der Waals surface area contributed by atoms with Gasteiger partial charge >= 0.3 is 5.97 Å². The molecule has 5 heteroatoms. The highest BCUT2D eigenvalue weighted by Gasteiger charge is 2.23. The number of hydrogen-bond donors (Lipinski definition) is 1. The summed E-state index contributed by atoms with van der Waals surface area (Å²) in [6, 6.07) is 7.78. The van der Waals surface area contributed by atoms with Crippen LogP contribution in [0.25, 0.3) is 0 Å². The van der Waals surface area contributed by atoms with Gasteiger partial charge in [-0.15, -0.1) is 0 Å². The van der Waals surface area contributed by atoms with Crippen LogP contribution in [0.15, 0.2) is 28.7 Å². The van der Waals surface area contributed by atoms with Gasteiger partial charge in [-0.3, -0.25) is 9.59 Å². The molecule has 21 heavy (non-hydrogen) atoms. The largest absolute Gasteiger partial charge is 0.481 e. The van der Waals surface area contributed by atoms with Crippen molar-refractivity contribution in [1.29, 1.82) is 0 Å². The molecule has 1 aliphatic heterocycles. The number of hydrogen-bond acceptors (Lipinski definition) is 2. The van der Waals surface area contributed by atoms with Gasteiger partial charge in [-0.1, -0.05) is 28.1 Å². The van der Waals surface area contributed by atoms with Crippen molar-refractivity contribution in [2.75, 3.05) is 13.1 Å². The van der Waals surface area contributed by atoms with Crippen LogP contribution in [0, 0.1) is 5.92 Å². The van der Waals surface area contributed by atoms with Crippen molar-refractivity contribution in [3.8, 4) is 0 Å². The highest BCUT2D eigenvalue weighted by atomic mass is 79.9. The average Bonchev–Trinajstić information content (AvgIpc) is 2.48. The summed E-state index contributed by atoms with van der Waals surface area (Å²) in [5.41, 5.74) is 1.01. The van der Waals surface area contributed by atoms with E-state index in [0.29, 0.717) is 25.3 Å². The maximum absolute atomic E-state index is 12.3. The molecule has 1 N–H and O–H groups in total. The monoisotopic (exact) mass is 353 g/mol. The zero-order valence-electron chi connectivity index (χ0n) is 11.9. The second-order valence-electron chi connectivity index (χ2n) is 5.58. The number of likely N-dealkylation sites (tertiary alicyclic amines) is 1. The van der Waals surface area contributed by atoms with Crippen molar-refractivity contribution in [2.24, 2.45) is 5.92 Å². The summed E-state index contributed by atoms with van der Waals surface area (Å²) >= 11 is 3.38. The number of carbonyl (C=O) groups is 2. The number of aliphatic carboxylic acids is 1. The Hall–Kier alpha value is -1.36. The van der Waals surface area contributed by atoms with E-state index in [1.807, 2.05) is 29.2 Å². The molecule has 0 aliphatic carbocycles. The Bertz CT molecular complexity index is 501. The molecule has 1 fully saturated rings. The van der Waals surface area contributed by atoms with E-state index >= 15 is 0 Å². The normalized spacial score (nSPS) is 18.5. The minimum Gasteiger partial charge on any atom is -0.481 e. The van der Waals surface area contributed by atoms with Crippen molar-refractivity contribution in [1.82, 2.24) is 4.90 Å². The van der Waals surface area contributed by atoms with E-state index in [-0.39, 0.29) is 12.3 Å². The van der Waals surface area contributed by atoms with E-state index in [9.17, 15) is 9.59 Å². The Morgan fingerprint density at radius 2 is 2.00 bits per heavy atom. The highest BCUT2D eigenvalue weighted by Crippen LogP contribution is 2.22. The Kier molecular flexibility index (Phi) is 5.79. The molecule has 1 heterocycles. The first-order valence-electron chi connectivity index (χ1n) is 7.28. The van der Waals surface area contributed by atoms with E-state index < -0.39 is 5.97 Å². The molecule has 1 aromatic rings. The summed E-state index contributed by atoms with van der Waals surface area (Å²) < 4.78 is 1.01. The van der Waals surface area contributed by atoms with E-state index in [1.54, 1.807) is 0 Å². The third-order valence-corrected chi connectivity index (χ3v) is 4.44. The number of carboxylic acid groups (broad SMARTS) is 1. The van der Waals surface area contributed by atoms with Crippen LogP contribution in [0.3, 0.4) is 0 Å². The van der Waals surface area contributed by atoms with Gasteiger partial charge in [0.15, 0.2) is 0 Å². The fourth-order valence-corrected chi connectivity index (χ4v) is 3.01. The standard InChI is InChI=1S/C16H20BrNO3/c17-14-6-3-12(4-7-14)10-15(19)18-9-1-2-13(11-18)5-8-16(20)21/h3-4,6-7,13H,1-2,5,8-11H2,(H,20,21). The summed E-state index contributed by atoms with van der Waals surface area (Å²) in [6.07, 6.45) is 3.27. The predicted octanol–water partition coefficient (Wildman–Crippen LogP) is 3.10. The van der Waals surface area contributed by atoms with Crippen molar-refractivity contribution in [3.63, 3.8) is 0 Å². The molecule has 0 bridgehead atoms. The van der Waals surface area contributed by atoms with Gasteiger partial charge in [-0.05, 0) is 42.9 Å². The maximum atomic E-state index is 12.3. The lowest BCUT2D eigenvalue weighted by Crippen LogP contribution is -2.40. The van der Waals surface area contributed by atoms with Gasteiger partial charge in [-0.25, -0.2) is 0 Å². The number of carbonyl (C=O) groups excluding carboxylic acids is 1. The average molecular weight is 354 g/mol. The maximum Gasteiger partial charge on any atom is 0.303 e. The van der Waals surface area contributed by atoms with E-state index in [4.69, 9.17) is 5.11 Å². The van der Waals surface area contributed by atoms with Gasteiger partial charge < -0.3 is 10.0 Å². The van der Waals surface area contributed by atoms with Crippen LogP contribution < -0.4 is 0 Å². The molecule has 1 aromatic carbocycles. The lowest BCUT2D eigenvalue weighted by molar-refractivity contribution is -0.137. The third-order valence-electron chi connectivity index (χ3n) is 3.91. The first-order chi connectivity index (χ1) is 10.0. The van der Waals surface area contributed by atoms with E-state index in [0.717, 1.165) is 29.4 Å². The summed E-state index contributed by atoms with van der Waals surface area (Å²) in [6.45, 7) is 1.49. The number of amides is 1. The second kappa shape index (κ2) is 7.59. The van der Waals surface area contributed by atoms with Crippen LogP contribution in [-0.2, 0) is 16.0 Å². The first-order valence-corrected chi connectivity index (χ1v) is 8.08. The molecular weight excluding hydrogens is 334 g/mol. The van der Waals surface area contributed by atoms with Crippen LogP contribution in [0.5, 0.6) is 0 Å². The van der Waals surface area contributed by atoms with Crippen LogP contribution in [0.1, 0.15) is 31.2 Å². The summed E-state index contributed by atoms with van der Waals surface area (Å²) in [5.74, 6) is -0.297. The lowest BCUT2D eigenvalue weighted by atomic mass is 9.93. The molecule has 114 valence electrons. The summed E-state index contributed by atoms with van der Waals surface area (Å²) in [4.78, 5) is 24.9. The van der Waals surface area contributed by atoms with Gasteiger partial charge in [0.2, 0.25) is 5.91 Å². The van der Waals surface area contributed by atoms with E-state index in [1.165, 1.54) is 0 Å². The molecule has 0 radical (unpaired) electrons. The fourth-order valence-electron chi connectivity index (χ4n) is 2.74. The molecular formula is C16H20BrNO3. The van der Waals surface area contributed by atoms with Gasteiger partial charge in [0.1, 0.15) is 0 Å². The van der Waals surface area contributed by atoms with Gasteiger partial charge in [0.25, 0.3) is 0 Å². The minimum atomic E-state index is -0.756. The van der Waals surface area contributed by atoms with Crippen LogP contribution in [-0.4, -0.2) is 35.0 Å². The Labute approximate surface area is 133 Å². The number of piperidine rings is 1.